The zero-order chi connectivity index (χ0) is 23.4. The molecule has 0 saturated heterocycles. The van der Waals surface area contributed by atoms with Crippen molar-refractivity contribution >= 4 is 40.2 Å². The van der Waals surface area contributed by atoms with Crippen LogP contribution in [0.15, 0.2) is 131 Å². The minimum atomic E-state index is -2.54. The van der Waals surface area contributed by atoms with Crippen LogP contribution < -0.4 is 26.8 Å². The summed E-state index contributed by atoms with van der Waals surface area (Å²) < 4.78 is 0. The molecule has 0 aliphatic heterocycles. The van der Waals surface area contributed by atoms with Crippen LogP contribution in [0.4, 0.5) is 0 Å². The van der Waals surface area contributed by atoms with Crippen LogP contribution in [0.5, 0.6) is 0 Å². The van der Waals surface area contributed by atoms with Crippen molar-refractivity contribution in [3.8, 4) is 11.4 Å². The molecule has 1 N–H and O–H groups in total. The van der Waals surface area contributed by atoms with E-state index in [4.69, 9.17) is 4.98 Å². The lowest BCUT2D eigenvalue weighted by Crippen LogP contribution is -2.46. The molecule has 4 aromatic carbocycles. The summed E-state index contributed by atoms with van der Waals surface area (Å²) in [5, 5.41) is 4.88. The van der Waals surface area contributed by atoms with Gasteiger partial charge in [-0.3, -0.25) is 4.79 Å². The molecule has 0 bridgehead atoms. The van der Waals surface area contributed by atoms with Gasteiger partial charge in [-0.05, 0) is 42.7 Å². The Bertz CT molecular complexity index is 1340. The molecule has 5 rings (SSSR count). The van der Waals surface area contributed by atoms with Gasteiger partial charge >= 0.3 is 0 Å². The lowest BCUT2D eigenvalue weighted by Gasteiger charge is -2.27. The van der Waals surface area contributed by atoms with Crippen molar-refractivity contribution in [1.29, 1.82) is 0 Å². The van der Waals surface area contributed by atoms with Crippen molar-refractivity contribution in [1.82, 2.24) is 9.97 Å². The molecule has 34 heavy (non-hydrogen) atoms. The first-order chi connectivity index (χ1) is 16.7. The second-order valence-corrected chi connectivity index (χ2v) is 11.9. The summed E-state index contributed by atoms with van der Waals surface area (Å²) in [7, 11) is -2.54. The second kappa shape index (κ2) is 9.80. The van der Waals surface area contributed by atoms with Crippen LogP contribution >= 0.6 is 19.0 Å². The number of aromatic amines is 1. The largest absolute Gasteiger partial charge is 0.303 e. The van der Waals surface area contributed by atoms with E-state index in [1.807, 2.05) is 54.8 Å². The van der Waals surface area contributed by atoms with Crippen LogP contribution in [0.1, 0.15) is 0 Å². The van der Waals surface area contributed by atoms with Crippen molar-refractivity contribution in [3.63, 3.8) is 0 Å². The Morgan fingerprint density at radius 3 is 1.47 bits per heavy atom. The Labute approximate surface area is 204 Å². The summed E-state index contributed by atoms with van der Waals surface area (Å²) in [4.78, 5) is 22.2. The maximum Gasteiger partial charge on any atom is 0.296 e. The average Bonchev–Trinajstić information content (AvgIpc) is 2.92. The molecule has 3 nitrogen and oxygen atoms in total. The fourth-order valence-electron chi connectivity index (χ4n) is 4.41. The average molecular weight is 480 g/mol. The molecule has 0 unspecified atom stereocenters. The van der Waals surface area contributed by atoms with Crippen LogP contribution in [-0.4, -0.2) is 16.2 Å². The topological polar surface area (TPSA) is 45.8 Å². The zero-order valence-corrected chi connectivity index (χ0v) is 20.5. The molecular formula is C29H24N2OPS+. The maximum atomic E-state index is 14.1. The summed E-state index contributed by atoms with van der Waals surface area (Å²) in [6.07, 6.45) is 2.00. The molecule has 5 heteroatoms. The smallest absolute Gasteiger partial charge is 0.296 e. The molecule has 0 aliphatic carbocycles. The Hall–Kier alpha value is -3.46. The fraction of sp³-hybridized carbons (Fsp3) is 0.0345. The molecule has 5 aromatic rings. The predicted molar refractivity (Wildman–Crippen MR) is 147 cm³/mol. The Kier molecular flexibility index (Phi) is 6.44. The minimum Gasteiger partial charge on any atom is -0.303 e. The van der Waals surface area contributed by atoms with Crippen LogP contribution in [0.3, 0.4) is 0 Å². The van der Waals surface area contributed by atoms with E-state index in [0.717, 1.165) is 31.8 Å². The van der Waals surface area contributed by atoms with E-state index in [9.17, 15) is 4.79 Å². The normalized spacial score (nSPS) is 11.3. The third-order valence-electron chi connectivity index (χ3n) is 5.87. The van der Waals surface area contributed by atoms with Gasteiger partial charge in [-0.2, -0.15) is 0 Å². The third kappa shape index (κ3) is 3.90. The number of nitrogens with one attached hydrogen (secondary N) is 1. The first kappa shape index (κ1) is 22.3. The van der Waals surface area contributed by atoms with Crippen LogP contribution in [0.25, 0.3) is 11.4 Å². The van der Waals surface area contributed by atoms with E-state index in [-0.39, 0.29) is 5.56 Å². The molecule has 0 fully saturated rings. The highest BCUT2D eigenvalue weighted by molar-refractivity contribution is 8.04. The van der Waals surface area contributed by atoms with E-state index in [1.165, 1.54) is 11.8 Å². The molecule has 0 saturated carbocycles. The summed E-state index contributed by atoms with van der Waals surface area (Å²) in [5.41, 5.74) is 0.799. The van der Waals surface area contributed by atoms with Gasteiger partial charge in [0.1, 0.15) is 26.8 Å². The number of nitrogens with zero attached hydrogens (tertiary/aromatic N) is 1. The monoisotopic (exact) mass is 479 g/mol. The summed E-state index contributed by atoms with van der Waals surface area (Å²) in [6.45, 7) is 0. The lowest BCUT2D eigenvalue weighted by molar-refractivity contribution is 1.05. The zero-order valence-electron chi connectivity index (χ0n) is 18.8. The highest BCUT2D eigenvalue weighted by atomic mass is 32.2. The van der Waals surface area contributed by atoms with E-state index in [1.54, 1.807) is 0 Å². The number of hydrogen-bond acceptors (Lipinski definition) is 3. The van der Waals surface area contributed by atoms with Gasteiger partial charge < -0.3 is 4.98 Å². The molecule has 1 heterocycles. The number of thioether (sulfide) groups is 1. The van der Waals surface area contributed by atoms with Gasteiger partial charge in [0, 0.05) is 5.56 Å². The SMILES string of the molecule is CSc1nc(-c2ccccc2)[nH]c(=O)c1[P+](c1ccccc1)(c1ccccc1)c1ccccc1. The van der Waals surface area contributed by atoms with Crippen molar-refractivity contribution in [2.45, 2.75) is 5.03 Å². The third-order valence-corrected chi connectivity index (χ3v) is 11.0. The van der Waals surface area contributed by atoms with Gasteiger partial charge in [-0.15, -0.1) is 11.8 Å². The van der Waals surface area contributed by atoms with Crippen LogP contribution in [-0.2, 0) is 0 Å². The molecule has 1 aromatic heterocycles. The number of H-pyrrole nitrogens is 1. The van der Waals surface area contributed by atoms with Gasteiger partial charge in [0.2, 0.25) is 5.30 Å². The molecule has 0 spiro atoms. The van der Waals surface area contributed by atoms with Gasteiger partial charge in [0.15, 0.2) is 7.26 Å². The molecular weight excluding hydrogens is 455 g/mol. The minimum absolute atomic E-state index is 0.0944. The number of aromatic nitrogens is 2. The summed E-state index contributed by atoms with van der Waals surface area (Å²) in [5.74, 6) is 0.589. The first-order valence-electron chi connectivity index (χ1n) is 11.1. The molecule has 0 amide bonds. The highest BCUT2D eigenvalue weighted by Gasteiger charge is 2.52. The van der Waals surface area contributed by atoms with Crippen LogP contribution in [0, 0.1) is 0 Å². The van der Waals surface area contributed by atoms with Crippen molar-refractivity contribution < 1.29 is 0 Å². The first-order valence-corrected chi connectivity index (χ1v) is 14.1. The molecule has 0 atom stereocenters. The Morgan fingerprint density at radius 1 is 0.647 bits per heavy atom. The van der Waals surface area contributed by atoms with Gasteiger partial charge in [-0.25, -0.2) is 4.98 Å². The number of benzene rings is 4. The van der Waals surface area contributed by atoms with Gasteiger partial charge in [0.25, 0.3) is 5.56 Å². The molecule has 0 aliphatic rings. The van der Waals surface area contributed by atoms with E-state index in [0.29, 0.717) is 5.82 Å². The predicted octanol–water partition coefficient (Wildman–Crippen LogP) is 4.78. The Balaban J connectivity index is 1.92. The summed E-state index contributed by atoms with van der Waals surface area (Å²) >= 11 is 1.53. The quantitative estimate of drug-likeness (QED) is 0.217. The van der Waals surface area contributed by atoms with E-state index >= 15 is 0 Å². The van der Waals surface area contributed by atoms with Crippen molar-refractivity contribution in [2.24, 2.45) is 0 Å². The van der Waals surface area contributed by atoms with Crippen molar-refractivity contribution in [2.75, 3.05) is 6.26 Å². The van der Waals surface area contributed by atoms with E-state index < -0.39 is 7.26 Å². The van der Waals surface area contributed by atoms with Gasteiger partial charge in [-0.1, -0.05) is 84.9 Å². The standard InChI is InChI=1S/C29H23N2OPS/c1-34-29-26(28(32)30-27(31-29)22-14-6-2-7-15-22)33(23-16-8-3-9-17-23,24-18-10-4-11-19-24)25-20-12-5-13-21-25/h2-21H,1H3/p+1. The van der Waals surface area contributed by atoms with Crippen molar-refractivity contribution in [3.05, 3.63) is 132 Å². The number of hydrogen-bond donors (Lipinski definition) is 1. The Morgan fingerprint density at radius 2 is 1.06 bits per heavy atom. The lowest BCUT2D eigenvalue weighted by atomic mass is 10.2. The van der Waals surface area contributed by atoms with Gasteiger partial charge in [0.05, 0.1) is 0 Å². The maximum absolute atomic E-state index is 14.1. The van der Waals surface area contributed by atoms with E-state index in [2.05, 4.69) is 77.8 Å². The van der Waals surface area contributed by atoms with Crippen LogP contribution in [0.2, 0.25) is 0 Å². The number of rotatable bonds is 6. The summed E-state index contributed by atoms with van der Waals surface area (Å²) in [6, 6.07) is 41.0. The highest BCUT2D eigenvalue weighted by Crippen LogP contribution is 2.54. The molecule has 166 valence electrons. The second-order valence-electron chi connectivity index (χ2n) is 7.82. The fourth-order valence-corrected chi connectivity index (χ4v) is 9.78. The molecule has 0 radical (unpaired) electrons.